The number of hydrogen-bond acceptors (Lipinski definition) is 4. The van der Waals surface area contributed by atoms with Crippen LogP contribution in [0.3, 0.4) is 0 Å². The zero-order valence-electron chi connectivity index (χ0n) is 20.5. The Kier molecular flexibility index (Phi) is 8.66. The highest BCUT2D eigenvalue weighted by molar-refractivity contribution is 7.89. The van der Waals surface area contributed by atoms with Gasteiger partial charge in [0.15, 0.2) is 0 Å². The van der Waals surface area contributed by atoms with Gasteiger partial charge in [0.05, 0.1) is 4.90 Å². The highest BCUT2D eigenvalue weighted by atomic mass is 32.2. The van der Waals surface area contributed by atoms with E-state index in [0.717, 1.165) is 49.6 Å². The van der Waals surface area contributed by atoms with Gasteiger partial charge in [0.1, 0.15) is 6.54 Å². The first-order valence-corrected chi connectivity index (χ1v) is 14.5. The van der Waals surface area contributed by atoms with Gasteiger partial charge in [-0.3, -0.25) is 4.79 Å². The van der Waals surface area contributed by atoms with Crippen LogP contribution in [0.15, 0.2) is 35.4 Å². The molecule has 2 aromatic rings. The summed E-state index contributed by atoms with van der Waals surface area (Å²) in [6, 6.07) is 7.84. The first-order valence-electron chi connectivity index (χ1n) is 13.1. The van der Waals surface area contributed by atoms with Crippen LogP contribution in [0.4, 0.5) is 0 Å². The fourth-order valence-electron chi connectivity index (χ4n) is 5.44. The van der Waals surface area contributed by atoms with Crippen LogP contribution in [-0.2, 0) is 21.4 Å². The van der Waals surface area contributed by atoms with E-state index in [0.29, 0.717) is 30.6 Å². The molecule has 0 saturated carbocycles. The second kappa shape index (κ2) is 11.7. The number of nitrogens with zero attached hydrogens (tertiary/aromatic N) is 3. The van der Waals surface area contributed by atoms with E-state index >= 15 is 0 Å². The predicted octanol–water partition coefficient (Wildman–Crippen LogP) is 3.98. The van der Waals surface area contributed by atoms with Crippen molar-refractivity contribution in [1.29, 1.82) is 0 Å². The second-order valence-electron chi connectivity index (χ2n) is 9.78. The van der Waals surface area contributed by atoms with Crippen molar-refractivity contribution in [3.63, 3.8) is 0 Å². The lowest BCUT2D eigenvalue weighted by Crippen LogP contribution is -2.40. The highest BCUT2D eigenvalue weighted by Crippen LogP contribution is 2.25. The van der Waals surface area contributed by atoms with Crippen molar-refractivity contribution in [2.75, 3.05) is 32.7 Å². The first-order chi connectivity index (χ1) is 16.5. The summed E-state index contributed by atoms with van der Waals surface area (Å²) in [5.41, 5.74) is 0.879. The van der Waals surface area contributed by atoms with Crippen molar-refractivity contribution in [2.24, 2.45) is 0 Å². The number of nitrogens with one attached hydrogen (secondary N) is 1. The number of amides is 1. The smallest absolute Gasteiger partial charge is 0.243 e. The molecule has 1 N–H and O–H groups in total. The van der Waals surface area contributed by atoms with Crippen molar-refractivity contribution in [1.82, 2.24) is 19.1 Å². The third kappa shape index (κ3) is 6.01. The fourth-order valence-corrected chi connectivity index (χ4v) is 7.00. The fraction of sp³-hybridized carbons (Fsp3) is 0.654. The second-order valence-corrected chi connectivity index (χ2v) is 11.7. The SMILES string of the molecule is CCC1CCCCN1CCCNC(=O)Cn1ccc2cc(S(=O)(=O)N3CCCCCC3)ccc21. The summed E-state index contributed by atoms with van der Waals surface area (Å²) in [6.45, 7) is 6.60. The molecule has 0 radical (unpaired) electrons. The lowest BCUT2D eigenvalue weighted by molar-refractivity contribution is -0.121. The van der Waals surface area contributed by atoms with Crippen molar-refractivity contribution < 1.29 is 13.2 Å². The summed E-state index contributed by atoms with van der Waals surface area (Å²) in [6.07, 6.45) is 12.0. The van der Waals surface area contributed by atoms with Crippen molar-refractivity contribution in [2.45, 2.75) is 82.2 Å². The van der Waals surface area contributed by atoms with Crippen LogP contribution in [0.5, 0.6) is 0 Å². The predicted molar refractivity (Wildman–Crippen MR) is 136 cm³/mol. The average molecular weight is 489 g/mol. The highest BCUT2D eigenvalue weighted by Gasteiger charge is 2.25. The molecule has 4 rings (SSSR count). The van der Waals surface area contributed by atoms with Crippen LogP contribution in [0, 0.1) is 0 Å². The molecular formula is C26H40N4O3S. The van der Waals surface area contributed by atoms with Gasteiger partial charge in [-0.2, -0.15) is 4.31 Å². The minimum atomic E-state index is -3.48. The van der Waals surface area contributed by atoms with Crippen LogP contribution in [-0.4, -0.2) is 66.9 Å². The third-order valence-electron chi connectivity index (χ3n) is 7.42. The summed E-state index contributed by atoms with van der Waals surface area (Å²) >= 11 is 0. The van der Waals surface area contributed by atoms with E-state index in [1.165, 1.54) is 32.2 Å². The first kappa shape index (κ1) is 25.2. The molecule has 1 amide bonds. The van der Waals surface area contributed by atoms with E-state index in [4.69, 9.17) is 0 Å². The molecule has 3 heterocycles. The van der Waals surface area contributed by atoms with Gasteiger partial charge >= 0.3 is 0 Å². The summed E-state index contributed by atoms with van der Waals surface area (Å²) in [5.74, 6) is -0.00977. The number of likely N-dealkylation sites (tertiary alicyclic amines) is 1. The number of carbonyl (C=O) groups excluding carboxylic acids is 1. The van der Waals surface area contributed by atoms with E-state index in [1.807, 2.05) is 22.9 Å². The van der Waals surface area contributed by atoms with Crippen LogP contribution < -0.4 is 5.32 Å². The van der Waals surface area contributed by atoms with Crippen molar-refractivity contribution >= 4 is 26.8 Å². The van der Waals surface area contributed by atoms with E-state index < -0.39 is 10.0 Å². The van der Waals surface area contributed by atoms with Gasteiger partial charge in [0.2, 0.25) is 15.9 Å². The van der Waals surface area contributed by atoms with Gasteiger partial charge in [-0.05, 0) is 69.3 Å². The number of carbonyl (C=O) groups is 1. The molecule has 1 aromatic heterocycles. The number of sulfonamides is 1. The van der Waals surface area contributed by atoms with Crippen LogP contribution in [0.1, 0.15) is 64.7 Å². The molecule has 2 saturated heterocycles. The van der Waals surface area contributed by atoms with Gasteiger partial charge in [0.25, 0.3) is 0 Å². The maximum Gasteiger partial charge on any atom is 0.243 e. The maximum atomic E-state index is 13.1. The number of benzene rings is 1. The van der Waals surface area contributed by atoms with Crippen molar-refractivity contribution in [3.05, 3.63) is 30.5 Å². The van der Waals surface area contributed by atoms with Crippen molar-refractivity contribution in [3.8, 4) is 0 Å². The summed E-state index contributed by atoms with van der Waals surface area (Å²) in [5, 5.41) is 3.90. The maximum absolute atomic E-state index is 13.1. The van der Waals surface area contributed by atoms with Crippen LogP contribution in [0.25, 0.3) is 10.9 Å². The number of aromatic nitrogens is 1. The monoisotopic (exact) mass is 488 g/mol. The Bertz CT molecular complexity index is 1060. The molecule has 7 nitrogen and oxygen atoms in total. The Morgan fingerprint density at radius 3 is 2.56 bits per heavy atom. The zero-order chi connectivity index (χ0) is 24.0. The summed E-state index contributed by atoms with van der Waals surface area (Å²) < 4.78 is 29.8. The van der Waals surface area contributed by atoms with Crippen LogP contribution in [0.2, 0.25) is 0 Å². The number of rotatable bonds is 9. The molecule has 34 heavy (non-hydrogen) atoms. The zero-order valence-corrected chi connectivity index (χ0v) is 21.4. The van der Waals surface area contributed by atoms with E-state index in [9.17, 15) is 13.2 Å². The minimum absolute atomic E-state index is 0.00977. The third-order valence-corrected chi connectivity index (χ3v) is 9.32. The lowest BCUT2D eigenvalue weighted by atomic mass is 10.00. The minimum Gasteiger partial charge on any atom is -0.355 e. The topological polar surface area (TPSA) is 74.6 Å². The lowest BCUT2D eigenvalue weighted by Gasteiger charge is -2.35. The average Bonchev–Trinajstić information content (AvgIpc) is 3.04. The molecule has 2 fully saturated rings. The molecule has 1 atom stereocenters. The molecular weight excluding hydrogens is 448 g/mol. The molecule has 0 aliphatic carbocycles. The molecule has 2 aliphatic rings. The normalized spacial score (nSPS) is 20.9. The Hall–Kier alpha value is -1.90. The number of hydrogen-bond donors (Lipinski definition) is 1. The Morgan fingerprint density at radius 1 is 1.03 bits per heavy atom. The standard InChI is InChI=1S/C26H40N4O3S/c1-2-23-10-5-8-15-28(23)16-9-14-27-26(31)21-29-19-13-22-20-24(11-12-25(22)29)34(32,33)30-17-6-3-4-7-18-30/h11-13,19-20,23H,2-10,14-18,21H2,1H3,(H,27,31). The Morgan fingerprint density at radius 2 is 1.79 bits per heavy atom. The van der Waals surface area contributed by atoms with E-state index in [1.54, 1.807) is 16.4 Å². The molecule has 1 aromatic carbocycles. The molecule has 188 valence electrons. The Balaban J connectivity index is 1.31. The van der Waals surface area contributed by atoms with Gasteiger partial charge < -0.3 is 14.8 Å². The van der Waals surface area contributed by atoms with Gasteiger partial charge in [-0.15, -0.1) is 0 Å². The van der Waals surface area contributed by atoms with E-state index in [-0.39, 0.29) is 12.5 Å². The van der Waals surface area contributed by atoms with Crippen LogP contribution >= 0.6 is 0 Å². The van der Waals surface area contributed by atoms with Gasteiger partial charge in [-0.1, -0.05) is 26.2 Å². The largest absolute Gasteiger partial charge is 0.355 e. The summed E-state index contributed by atoms with van der Waals surface area (Å²) in [4.78, 5) is 15.5. The van der Waals surface area contributed by atoms with Gasteiger partial charge in [0, 0.05) is 49.3 Å². The number of piperidine rings is 1. The molecule has 0 bridgehead atoms. The summed E-state index contributed by atoms with van der Waals surface area (Å²) in [7, 11) is -3.48. The molecule has 1 unspecified atom stereocenters. The number of fused-ring (bicyclic) bond motifs is 1. The molecule has 8 heteroatoms. The van der Waals surface area contributed by atoms with Gasteiger partial charge in [-0.25, -0.2) is 8.42 Å². The Labute approximate surface area is 204 Å². The van der Waals surface area contributed by atoms with E-state index in [2.05, 4.69) is 17.1 Å². The quantitative estimate of drug-likeness (QED) is 0.542. The molecule has 2 aliphatic heterocycles. The molecule has 0 spiro atoms.